The summed E-state index contributed by atoms with van der Waals surface area (Å²) in [7, 11) is 0. The minimum atomic E-state index is -0.150. The summed E-state index contributed by atoms with van der Waals surface area (Å²) in [6.07, 6.45) is 3.52. The Balaban J connectivity index is 0.00000196. The molecule has 2 aromatic heterocycles. The fraction of sp³-hybridized carbons (Fsp3) is 0.100. The molecule has 26 heavy (non-hydrogen) atoms. The van der Waals surface area contributed by atoms with E-state index >= 15 is 0 Å². The van der Waals surface area contributed by atoms with Gasteiger partial charge in [0.25, 0.3) is 5.91 Å². The van der Waals surface area contributed by atoms with E-state index in [0.29, 0.717) is 11.4 Å². The van der Waals surface area contributed by atoms with Gasteiger partial charge in [-0.3, -0.25) is 9.89 Å². The second-order valence-electron chi connectivity index (χ2n) is 6.10. The van der Waals surface area contributed by atoms with Crippen LogP contribution < -0.4 is 5.32 Å². The molecule has 2 N–H and O–H groups in total. The summed E-state index contributed by atoms with van der Waals surface area (Å²) in [6, 6.07) is 18.1. The molecule has 6 heteroatoms. The minimum Gasteiger partial charge on any atom is -0.342 e. The van der Waals surface area contributed by atoms with E-state index in [1.807, 2.05) is 30.5 Å². The Morgan fingerprint density at radius 2 is 1.88 bits per heavy atom. The maximum Gasteiger partial charge on any atom is 0.258 e. The van der Waals surface area contributed by atoms with Crippen LogP contribution in [0.25, 0.3) is 10.9 Å². The third-order valence-corrected chi connectivity index (χ3v) is 4.26. The quantitative estimate of drug-likeness (QED) is 0.562. The van der Waals surface area contributed by atoms with E-state index in [1.54, 1.807) is 12.3 Å². The SMILES string of the molecule is Cc1ccc(Cn2cc(C(=O)Nc3ccn[nH]3)c3ccccc32)cc1.Cl. The number of carbonyl (C=O) groups is 1. The third-order valence-electron chi connectivity index (χ3n) is 4.26. The monoisotopic (exact) mass is 366 g/mol. The fourth-order valence-electron chi connectivity index (χ4n) is 2.96. The molecular weight excluding hydrogens is 348 g/mol. The summed E-state index contributed by atoms with van der Waals surface area (Å²) < 4.78 is 2.11. The van der Waals surface area contributed by atoms with Gasteiger partial charge in [0, 0.05) is 29.7 Å². The average Bonchev–Trinajstić information content (AvgIpc) is 3.25. The van der Waals surface area contributed by atoms with Gasteiger partial charge in [-0.25, -0.2) is 0 Å². The van der Waals surface area contributed by atoms with Gasteiger partial charge in [0.2, 0.25) is 0 Å². The number of para-hydroxylation sites is 1. The number of benzene rings is 2. The number of hydrogen-bond acceptors (Lipinski definition) is 2. The van der Waals surface area contributed by atoms with Crippen LogP contribution >= 0.6 is 12.4 Å². The normalized spacial score (nSPS) is 10.5. The van der Waals surface area contributed by atoms with E-state index < -0.39 is 0 Å². The molecule has 0 atom stereocenters. The summed E-state index contributed by atoms with van der Waals surface area (Å²) in [5.41, 5.74) is 4.13. The topological polar surface area (TPSA) is 62.7 Å². The molecule has 0 spiro atoms. The molecule has 2 heterocycles. The highest BCUT2D eigenvalue weighted by Gasteiger charge is 2.15. The van der Waals surface area contributed by atoms with Gasteiger partial charge < -0.3 is 9.88 Å². The number of halogens is 1. The molecule has 1 amide bonds. The molecule has 0 aliphatic rings. The molecule has 0 unspecified atom stereocenters. The van der Waals surface area contributed by atoms with E-state index in [0.717, 1.165) is 17.4 Å². The highest BCUT2D eigenvalue weighted by molar-refractivity contribution is 6.12. The van der Waals surface area contributed by atoms with Gasteiger partial charge in [-0.05, 0) is 18.6 Å². The summed E-state index contributed by atoms with van der Waals surface area (Å²) in [6.45, 7) is 2.80. The highest BCUT2D eigenvalue weighted by Crippen LogP contribution is 2.23. The minimum absolute atomic E-state index is 0. The predicted octanol–water partition coefficient (Wildman–Crippen LogP) is 4.40. The van der Waals surface area contributed by atoms with Crippen molar-refractivity contribution in [2.45, 2.75) is 13.5 Å². The summed E-state index contributed by atoms with van der Waals surface area (Å²) in [5, 5.41) is 10.4. The average molecular weight is 367 g/mol. The van der Waals surface area contributed by atoms with E-state index in [9.17, 15) is 4.79 Å². The largest absolute Gasteiger partial charge is 0.342 e. The zero-order valence-corrected chi connectivity index (χ0v) is 15.1. The molecule has 4 rings (SSSR count). The van der Waals surface area contributed by atoms with Crippen molar-refractivity contribution in [1.29, 1.82) is 0 Å². The van der Waals surface area contributed by atoms with Crippen molar-refractivity contribution >= 4 is 35.0 Å². The standard InChI is InChI=1S/C20H18N4O.ClH/c1-14-6-8-15(9-7-14)12-24-13-17(16-4-2-3-5-18(16)24)20(25)22-19-10-11-21-23-19;/h2-11,13H,12H2,1H3,(H2,21,22,23,25);1H. The molecule has 0 radical (unpaired) electrons. The van der Waals surface area contributed by atoms with E-state index in [1.165, 1.54) is 11.1 Å². The summed E-state index contributed by atoms with van der Waals surface area (Å²) in [4.78, 5) is 12.7. The number of H-pyrrole nitrogens is 1. The van der Waals surface area contributed by atoms with Crippen LogP contribution in [0.3, 0.4) is 0 Å². The third kappa shape index (κ3) is 3.48. The lowest BCUT2D eigenvalue weighted by Crippen LogP contribution is -2.11. The number of carbonyl (C=O) groups excluding carboxylic acids is 1. The van der Waals surface area contributed by atoms with Crippen LogP contribution in [0.2, 0.25) is 0 Å². The smallest absolute Gasteiger partial charge is 0.258 e. The number of rotatable bonds is 4. The molecule has 132 valence electrons. The number of amides is 1. The van der Waals surface area contributed by atoms with Crippen LogP contribution in [0.4, 0.5) is 5.82 Å². The molecular formula is C20H19ClN4O. The Kier molecular flexibility index (Phi) is 5.09. The van der Waals surface area contributed by atoms with Crippen LogP contribution in [0.5, 0.6) is 0 Å². The van der Waals surface area contributed by atoms with Gasteiger partial charge in [-0.2, -0.15) is 5.10 Å². The fourth-order valence-corrected chi connectivity index (χ4v) is 2.96. The number of aryl methyl sites for hydroxylation is 1. The first kappa shape index (κ1) is 17.8. The molecule has 0 aliphatic carbocycles. The maximum absolute atomic E-state index is 12.7. The molecule has 2 aromatic carbocycles. The number of hydrogen-bond donors (Lipinski definition) is 2. The van der Waals surface area contributed by atoms with E-state index in [-0.39, 0.29) is 18.3 Å². The maximum atomic E-state index is 12.7. The highest BCUT2D eigenvalue weighted by atomic mass is 35.5. The number of fused-ring (bicyclic) bond motifs is 1. The van der Waals surface area contributed by atoms with Gasteiger partial charge in [-0.1, -0.05) is 48.0 Å². The van der Waals surface area contributed by atoms with Gasteiger partial charge in [0.15, 0.2) is 0 Å². The molecule has 0 bridgehead atoms. The van der Waals surface area contributed by atoms with Gasteiger partial charge >= 0.3 is 0 Å². The summed E-state index contributed by atoms with van der Waals surface area (Å²) >= 11 is 0. The van der Waals surface area contributed by atoms with Crippen molar-refractivity contribution in [3.8, 4) is 0 Å². The van der Waals surface area contributed by atoms with Crippen LogP contribution in [0.15, 0.2) is 67.0 Å². The Morgan fingerprint density at radius 3 is 2.62 bits per heavy atom. The Morgan fingerprint density at radius 1 is 1.12 bits per heavy atom. The first-order valence-electron chi connectivity index (χ1n) is 8.15. The van der Waals surface area contributed by atoms with Crippen LogP contribution in [0.1, 0.15) is 21.5 Å². The lowest BCUT2D eigenvalue weighted by Gasteiger charge is -2.06. The number of nitrogens with one attached hydrogen (secondary N) is 2. The van der Waals surface area contributed by atoms with Crippen molar-refractivity contribution in [3.63, 3.8) is 0 Å². The van der Waals surface area contributed by atoms with Gasteiger partial charge in [-0.15, -0.1) is 12.4 Å². The van der Waals surface area contributed by atoms with Crippen molar-refractivity contribution < 1.29 is 4.79 Å². The van der Waals surface area contributed by atoms with Crippen molar-refractivity contribution in [1.82, 2.24) is 14.8 Å². The van der Waals surface area contributed by atoms with Gasteiger partial charge in [0.05, 0.1) is 11.8 Å². The lowest BCUT2D eigenvalue weighted by molar-refractivity contribution is 0.102. The summed E-state index contributed by atoms with van der Waals surface area (Å²) in [5.74, 6) is 0.434. The number of nitrogens with zero attached hydrogens (tertiary/aromatic N) is 2. The molecule has 0 aliphatic heterocycles. The molecule has 0 saturated heterocycles. The van der Waals surface area contributed by atoms with Crippen molar-refractivity contribution in [3.05, 3.63) is 83.7 Å². The molecule has 5 nitrogen and oxygen atoms in total. The Hall–Kier alpha value is -3.05. The lowest BCUT2D eigenvalue weighted by atomic mass is 10.1. The van der Waals surface area contributed by atoms with Crippen molar-refractivity contribution in [2.75, 3.05) is 5.32 Å². The zero-order chi connectivity index (χ0) is 17.2. The first-order chi connectivity index (χ1) is 12.2. The Bertz CT molecular complexity index is 1020. The molecule has 0 fully saturated rings. The predicted molar refractivity (Wildman–Crippen MR) is 106 cm³/mol. The zero-order valence-electron chi connectivity index (χ0n) is 14.3. The van der Waals surface area contributed by atoms with E-state index in [4.69, 9.17) is 0 Å². The van der Waals surface area contributed by atoms with Crippen LogP contribution in [-0.4, -0.2) is 20.7 Å². The van der Waals surface area contributed by atoms with Gasteiger partial charge in [0.1, 0.15) is 5.82 Å². The van der Waals surface area contributed by atoms with Crippen molar-refractivity contribution in [2.24, 2.45) is 0 Å². The first-order valence-corrected chi connectivity index (χ1v) is 8.15. The molecule has 4 aromatic rings. The number of aromatic amines is 1. The second kappa shape index (κ2) is 7.45. The van der Waals surface area contributed by atoms with Crippen LogP contribution in [0, 0.1) is 6.92 Å². The number of aromatic nitrogens is 3. The molecule has 0 saturated carbocycles. The second-order valence-corrected chi connectivity index (χ2v) is 6.10. The van der Waals surface area contributed by atoms with E-state index in [2.05, 4.69) is 51.3 Å². The van der Waals surface area contributed by atoms with Crippen LogP contribution in [-0.2, 0) is 6.54 Å². The number of anilines is 1. The Labute approximate surface area is 157 Å².